The fraction of sp³-hybridized carbons (Fsp3) is 0.500. The van der Waals surface area contributed by atoms with Crippen LogP contribution in [0.4, 0.5) is 9.18 Å². The van der Waals surface area contributed by atoms with E-state index in [-0.39, 0.29) is 25.2 Å². The van der Waals surface area contributed by atoms with E-state index in [0.29, 0.717) is 23.5 Å². The molecule has 5 nitrogen and oxygen atoms in total. The largest absolute Gasteiger partial charge is 0.467 e. The number of hydrogen-bond acceptors (Lipinski definition) is 3. The third-order valence-corrected chi connectivity index (χ3v) is 3.58. The molecule has 0 radical (unpaired) electrons. The average molecular weight is 280 g/mol. The van der Waals surface area contributed by atoms with E-state index in [1.807, 2.05) is 0 Å². The van der Waals surface area contributed by atoms with Crippen LogP contribution >= 0.6 is 0 Å². The fourth-order valence-electron chi connectivity index (χ4n) is 2.59. The Kier molecular flexibility index (Phi) is 3.73. The Bertz CT molecular complexity index is 515. The van der Waals surface area contributed by atoms with E-state index in [0.717, 1.165) is 25.9 Å². The summed E-state index contributed by atoms with van der Waals surface area (Å²) in [5, 5.41) is 2.82. The van der Waals surface area contributed by atoms with Crippen LogP contribution in [0, 0.1) is 5.82 Å². The van der Waals surface area contributed by atoms with Gasteiger partial charge >= 0.3 is 6.03 Å². The van der Waals surface area contributed by atoms with Gasteiger partial charge in [-0.3, -0.25) is 0 Å². The highest BCUT2D eigenvalue weighted by atomic mass is 19.1. The van der Waals surface area contributed by atoms with Crippen LogP contribution in [0.3, 0.4) is 0 Å². The zero-order valence-corrected chi connectivity index (χ0v) is 11.2. The monoisotopic (exact) mass is 280 g/mol. The summed E-state index contributed by atoms with van der Waals surface area (Å²) in [4.78, 5) is 13.7. The highest BCUT2D eigenvalue weighted by Gasteiger charge is 2.20. The summed E-state index contributed by atoms with van der Waals surface area (Å²) in [6.45, 7) is 2.33. The van der Waals surface area contributed by atoms with E-state index in [9.17, 15) is 9.18 Å². The molecule has 1 aromatic rings. The van der Waals surface area contributed by atoms with Gasteiger partial charge in [0.15, 0.2) is 6.79 Å². The standard InChI is InChI=1S/C14H17FN2O3/c15-12-5-10(13-11(6-12)8-19-9-20-13)7-16-14(18)17-3-1-2-4-17/h5-6H,1-4,7-9H2,(H,16,18). The molecular formula is C14H17FN2O3. The van der Waals surface area contributed by atoms with E-state index in [1.165, 1.54) is 12.1 Å². The molecule has 0 unspecified atom stereocenters. The number of carbonyl (C=O) groups is 1. The molecule has 0 bridgehead atoms. The maximum atomic E-state index is 13.5. The second-order valence-corrected chi connectivity index (χ2v) is 5.02. The van der Waals surface area contributed by atoms with Gasteiger partial charge in [-0.1, -0.05) is 0 Å². The third kappa shape index (κ3) is 2.70. The third-order valence-electron chi connectivity index (χ3n) is 3.58. The summed E-state index contributed by atoms with van der Waals surface area (Å²) in [7, 11) is 0. The van der Waals surface area contributed by atoms with Gasteiger partial charge in [0.1, 0.15) is 11.6 Å². The number of urea groups is 1. The van der Waals surface area contributed by atoms with Gasteiger partial charge in [0.05, 0.1) is 6.61 Å². The van der Waals surface area contributed by atoms with Crippen molar-refractivity contribution in [1.29, 1.82) is 0 Å². The normalized spacial score (nSPS) is 17.6. The molecule has 0 atom stereocenters. The molecule has 0 aromatic heterocycles. The first-order valence-corrected chi connectivity index (χ1v) is 6.78. The molecule has 20 heavy (non-hydrogen) atoms. The van der Waals surface area contributed by atoms with Gasteiger partial charge in [0.25, 0.3) is 0 Å². The van der Waals surface area contributed by atoms with Crippen LogP contribution in [0.2, 0.25) is 0 Å². The highest BCUT2D eigenvalue weighted by molar-refractivity contribution is 5.74. The van der Waals surface area contributed by atoms with Crippen LogP contribution < -0.4 is 10.1 Å². The number of nitrogens with one attached hydrogen (secondary N) is 1. The Morgan fingerprint density at radius 1 is 1.35 bits per heavy atom. The lowest BCUT2D eigenvalue weighted by Gasteiger charge is -2.22. The van der Waals surface area contributed by atoms with Crippen LogP contribution in [0.1, 0.15) is 24.0 Å². The highest BCUT2D eigenvalue weighted by Crippen LogP contribution is 2.29. The molecule has 2 amide bonds. The second-order valence-electron chi connectivity index (χ2n) is 5.02. The van der Waals surface area contributed by atoms with E-state index in [2.05, 4.69) is 5.32 Å². The minimum atomic E-state index is -0.344. The predicted octanol–water partition coefficient (Wildman–Crippen LogP) is 2.00. The van der Waals surface area contributed by atoms with Gasteiger partial charge in [-0.15, -0.1) is 0 Å². The fourth-order valence-corrected chi connectivity index (χ4v) is 2.59. The van der Waals surface area contributed by atoms with Crippen molar-refractivity contribution < 1.29 is 18.7 Å². The Labute approximate surface area is 116 Å². The number of fused-ring (bicyclic) bond motifs is 1. The van der Waals surface area contributed by atoms with Crippen molar-refractivity contribution in [3.8, 4) is 5.75 Å². The Hall–Kier alpha value is -1.82. The van der Waals surface area contributed by atoms with Gasteiger partial charge in [-0.25, -0.2) is 9.18 Å². The van der Waals surface area contributed by atoms with E-state index in [4.69, 9.17) is 9.47 Å². The molecule has 3 rings (SSSR count). The molecule has 1 saturated heterocycles. The van der Waals surface area contributed by atoms with Gasteiger partial charge in [0.2, 0.25) is 0 Å². The van der Waals surface area contributed by atoms with Gasteiger partial charge in [-0.2, -0.15) is 0 Å². The van der Waals surface area contributed by atoms with Crippen LogP contribution in [-0.4, -0.2) is 30.8 Å². The summed E-state index contributed by atoms with van der Waals surface area (Å²) in [5.41, 5.74) is 1.33. The molecule has 2 aliphatic heterocycles. The van der Waals surface area contributed by atoms with E-state index in [1.54, 1.807) is 4.90 Å². The Balaban J connectivity index is 1.70. The summed E-state index contributed by atoms with van der Waals surface area (Å²) in [6.07, 6.45) is 2.09. The molecule has 1 fully saturated rings. The maximum Gasteiger partial charge on any atom is 0.317 e. The minimum absolute atomic E-state index is 0.104. The van der Waals surface area contributed by atoms with Crippen molar-refractivity contribution in [3.05, 3.63) is 29.1 Å². The SMILES string of the molecule is O=C(NCc1cc(F)cc2c1OCOC2)N1CCCC1. The topological polar surface area (TPSA) is 50.8 Å². The first-order valence-electron chi connectivity index (χ1n) is 6.78. The van der Waals surface area contributed by atoms with Crippen molar-refractivity contribution in [3.63, 3.8) is 0 Å². The lowest BCUT2D eigenvalue weighted by molar-refractivity contribution is -0.0173. The minimum Gasteiger partial charge on any atom is -0.467 e. The quantitative estimate of drug-likeness (QED) is 0.901. The van der Waals surface area contributed by atoms with Gasteiger partial charge in [0, 0.05) is 30.8 Å². The summed E-state index contributed by atoms with van der Waals surface area (Å²) in [5.74, 6) is 0.280. The zero-order valence-electron chi connectivity index (χ0n) is 11.2. The van der Waals surface area contributed by atoms with E-state index >= 15 is 0 Å². The Morgan fingerprint density at radius 2 is 2.15 bits per heavy atom. The molecule has 0 aliphatic carbocycles. The van der Waals surface area contributed by atoms with Crippen LogP contribution in [0.25, 0.3) is 0 Å². The van der Waals surface area contributed by atoms with Crippen LogP contribution in [0.15, 0.2) is 12.1 Å². The van der Waals surface area contributed by atoms with Crippen molar-refractivity contribution in [2.24, 2.45) is 0 Å². The first kappa shape index (κ1) is 13.2. The van der Waals surface area contributed by atoms with E-state index < -0.39 is 0 Å². The van der Waals surface area contributed by atoms with Crippen molar-refractivity contribution in [2.75, 3.05) is 19.9 Å². The first-order chi connectivity index (χ1) is 9.74. The molecule has 0 spiro atoms. The molecular weight excluding hydrogens is 263 g/mol. The molecule has 2 aliphatic rings. The van der Waals surface area contributed by atoms with Gasteiger partial charge in [-0.05, 0) is 25.0 Å². The van der Waals surface area contributed by atoms with Crippen molar-refractivity contribution in [1.82, 2.24) is 10.2 Å². The smallest absolute Gasteiger partial charge is 0.317 e. The van der Waals surface area contributed by atoms with Gasteiger partial charge < -0.3 is 19.7 Å². The summed E-state index contributed by atoms with van der Waals surface area (Å²) in [6, 6.07) is 2.70. The lowest BCUT2D eigenvalue weighted by Crippen LogP contribution is -2.37. The number of benzene rings is 1. The summed E-state index contributed by atoms with van der Waals surface area (Å²) >= 11 is 0. The number of amides is 2. The lowest BCUT2D eigenvalue weighted by atomic mass is 10.1. The maximum absolute atomic E-state index is 13.5. The predicted molar refractivity (Wildman–Crippen MR) is 69.7 cm³/mol. The second kappa shape index (κ2) is 5.66. The zero-order chi connectivity index (χ0) is 13.9. The number of hydrogen-bond donors (Lipinski definition) is 1. The number of ether oxygens (including phenoxy) is 2. The molecule has 1 aromatic carbocycles. The summed E-state index contributed by atoms with van der Waals surface area (Å²) < 4.78 is 24.1. The number of carbonyl (C=O) groups excluding carboxylic acids is 1. The molecule has 108 valence electrons. The number of likely N-dealkylation sites (tertiary alicyclic amines) is 1. The molecule has 0 saturated carbocycles. The molecule has 2 heterocycles. The molecule has 1 N–H and O–H groups in total. The average Bonchev–Trinajstić information content (AvgIpc) is 2.98. The van der Waals surface area contributed by atoms with Crippen LogP contribution in [-0.2, 0) is 17.9 Å². The molecule has 6 heteroatoms. The number of nitrogens with zero attached hydrogens (tertiary/aromatic N) is 1. The van der Waals surface area contributed by atoms with Crippen molar-refractivity contribution >= 4 is 6.03 Å². The number of rotatable bonds is 2. The van der Waals surface area contributed by atoms with Crippen LogP contribution in [0.5, 0.6) is 5.75 Å². The van der Waals surface area contributed by atoms with Crippen molar-refractivity contribution in [2.45, 2.75) is 26.0 Å². The number of halogens is 1. The Morgan fingerprint density at radius 3 is 2.95 bits per heavy atom.